The van der Waals surface area contributed by atoms with Crippen molar-refractivity contribution in [1.82, 2.24) is 4.90 Å². The zero-order valence-electron chi connectivity index (χ0n) is 17.4. The highest BCUT2D eigenvalue weighted by molar-refractivity contribution is 9.11. The number of nitrogens with zero attached hydrogens (tertiary/aromatic N) is 1. The van der Waals surface area contributed by atoms with E-state index < -0.39 is 0 Å². The van der Waals surface area contributed by atoms with Gasteiger partial charge in [-0.05, 0) is 58.8 Å². The first-order valence-corrected chi connectivity index (χ1v) is 11.9. The Morgan fingerprint density at radius 3 is 2.78 bits per heavy atom. The normalized spacial score (nSPS) is 19.8. The third-order valence-electron chi connectivity index (χ3n) is 5.69. The standard InChI is InChI=1S/C24H21Br2NO5/c1-14-10-22(28)31-21-13-16(2-3-17(14)21)30-7-4-20-23(27-5-8-29-9-6-27)18-11-15(25)12-19(26)24(18)32-20/h2-4,10-13,23H,5-9H2,1H3/b20-4+. The van der Waals surface area contributed by atoms with Crippen LogP contribution in [0.15, 0.2) is 66.4 Å². The monoisotopic (exact) mass is 561 g/mol. The van der Waals surface area contributed by atoms with Gasteiger partial charge in [0.2, 0.25) is 0 Å². The van der Waals surface area contributed by atoms with Crippen LogP contribution in [-0.2, 0) is 4.74 Å². The van der Waals surface area contributed by atoms with Crippen molar-refractivity contribution in [3.63, 3.8) is 0 Å². The molecule has 0 radical (unpaired) electrons. The number of fused-ring (bicyclic) bond motifs is 2. The molecule has 0 amide bonds. The molecule has 1 unspecified atom stereocenters. The highest BCUT2D eigenvalue weighted by Gasteiger charge is 2.36. The molecule has 0 N–H and O–H groups in total. The summed E-state index contributed by atoms with van der Waals surface area (Å²) in [4.78, 5) is 14.1. The molecule has 3 heterocycles. The van der Waals surface area contributed by atoms with E-state index in [1.807, 2.05) is 31.2 Å². The van der Waals surface area contributed by atoms with Crippen molar-refractivity contribution in [2.75, 3.05) is 32.9 Å². The maximum absolute atomic E-state index is 11.7. The molecule has 0 spiro atoms. The van der Waals surface area contributed by atoms with Crippen molar-refractivity contribution in [2.24, 2.45) is 0 Å². The fourth-order valence-corrected chi connectivity index (χ4v) is 5.54. The second-order valence-electron chi connectivity index (χ2n) is 7.78. The fourth-order valence-electron chi connectivity index (χ4n) is 4.20. The molecule has 6 nitrogen and oxygen atoms in total. The minimum absolute atomic E-state index is 0.00331. The quantitative estimate of drug-likeness (QED) is 0.399. The van der Waals surface area contributed by atoms with Crippen LogP contribution < -0.4 is 15.1 Å². The van der Waals surface area contributed by atoms with Crippen molar-refractivity contribution >= 4 is 42.8 Å². The zero-order valence-corrected chi connectivity index (χ0v) is 20.6. The van der Waals surface area contributed by atoms with Crippen LogP contribution in [0.4, 0.5) is 0 Å². The second kappa shape index (κ2) is 9.02. The molecule has 5 rings (SSSR count). The minimum Gasteiger partial charge on any atom is -0.489 e. The number of rotatable bonds is 4. The van der Waals surface area contributed by atoms with Gasteiger partial charge in [0.05, 0.1) is 23.7 Å². The van der Waals surface area contributed by atoms with E-state index in [1.54, 1.807) is 6.07 Å². The lowest BCUT2D eigenvalue weighted by Gasteiger charge is -2.32. The van der Waals surface area contributed by atoms with Crippen molar-refractivity contribution in [3.8, 4) is 11.5 Å². The summed E-state index contributed by atoms with van der Waals surface area (Å²) in [5, 5.41) is 0.896. The van der Waals surface area contributed by atoms with Crippen molar-refractivity contribution in [2.45, 2.75) is 13.0 Å². The lowest BCUT2D eigenvalue weighted by Crippen LogP contribution is -2.39. The maximum atomic E-state index is 11.7. The Hall–Kier alpha value is -2.13. The summed E-state index contributed by atoms with van der Waals surface area (Å²) in [7, 11) is 0. The molecule has 1 saturated heterocycles. The molecule has 1 fully saturated rings. The van der Waals surface area contributed by atoms with E-state index in [-0.39, 0.29) is 11.7 Å². The lowest BCUT2D eigenvalue weighted by molar-refractivity contribution is 0.0206. The topological polar surface area (TPSA) is 61.1 Å². The van der Waals surface area contributed by atoms with Crippen LogP contribution in [0.1, 0.15) is 17.2 Å². The molecule has 2 aromatic carbocycles. The van der Waals surface area contributed by atoms with Crippen molar-refractivity contribution in [3.05, 3.63) is 78.7 Å². The summed E-state index contributed by atoms with van der Waals surface area (Å²) in [5.74, 6) is 2.30. The van der Waals surface area contributed by atoms with Gasteiger partial charge in [0, 0.05) is 40.6 Å². The van der Waals surface area contributed by atoms with E-state index in [1.165, 1.54) is 6.07 Å². The molecule has 0 aliphatic carbocycles. The number of aryl methyl sites for hydroxylation is 1. The van der Waals surface area contributed by atoms with Crippen LogP contribution >= 0.6 is 31.9 Å². The Morgan fingerprint density at radius 1 is 1.16 bits per heavy atom. The number of ether oxygens (including phenoxy) is 3. The van der Waals surface area contributed by atoms with Gasteiger partial charge in [0.15, 0.2) is 0 Å². The van der Waals surface area contributed by atoms with Gasteiger partial charge in [0.25, 0.3) is 0 Å². The van der Waals surface area contributed by atoms with Gasteiger partial charge in [-0.2, -0.15) is 0 Å². The molecule has 32 heavy (non-hydrogen) atoms. The van der Waals surface area contributed by atoms with Crippen LogP contribution in [0.5, 0.6) is 11.5 Å². The minimum atomic E-state index is -0.364. The Bertz CT molecular complexity index is 1260. The first-order valence-electron chi connectivity index (χ1n) is 10.4. The van der Waals surface area contributed by atoms with E-state index in [9.17, 15) is 4.79 Å². The van der Waals surface area contributed by atoms with E-state index in [0.29, 0.717) is 31.2 Å². The summed E-state index contributed by atoms with van der Waals surface area (Å²) >= 11 is 7.22. The van der Waals surface area contributed by atoms with Gasteiger partial charge >= 0.3 is 5.63 Å². The molecule has 2 aliphatic heterocycles. The van der Waals surface area contributed by atoms with Gasteiger partial charge in [0.1, 0.15) is 29.4 Å². The molecular formula is C24H21Br2NO5. The number of hydrogen-bond donors (Lipinski definition) is 0. The second-order valence-corrected chi connectivity index (χ2v) is 9.55. The van der Waals surface area contributed by atoms with Gasteiger partial charge in [-0.15, -0.1) is 0 Å². The number of morpholine rings is 1. The first kappa shape index (κ1) is 21.7. The predicted octanol–water partition coefficient (Wildman–Crippen LogP) is 5.36. The van der Waals surface area contributed by atoms with E-state index in [0.717, 1.165) is 50.1 Å². The summed E-state index contributed by atoms with van der Waals surface area (Å²) < 4.78 is 25.0. The number of benzene rings is 2. The summed E-state index contributed by atoms with van der Waals surface area (Å²) in [5.41, 5.74) is 2.15. The highest BCUT2D eigenvalue weighted by Crippen LogP contribution is 2.48. The summed E-state index contributed by atoms with van der Waals surface area (Å²) in [6.45, 7) is 5.28. The zero-order chi connectivity index (χ0) is 22.2. The molecule has 0 saturated carbocycles. The van der Waals surface area contributed by atoms with Crippen LogP contribution in [0.3, 0.4) is 0 Å². The Morgan fingerprint density at radius 2 is 1.97 bits per heavy atom. The van der Waals surface area contributed by atoms with Gasteiger partial charge in [-0.25, -0.2) is 4.79 Å². The smallest absolute Gasteiger partial charge is 0.336 e. The number of halogens is 2. The lowest BCUT2D eigenvalue weighted by atomic mass is 10.0. The fraction of sp³-hybridized carbons (Fsp3) is 0.292. The summed E-state index contributed by atoms with van der Waals surface area (Å²) in [6, 6.07) is 11.1. The molecule has 166 valence electrons. The van der Waals surface area contributed by atoms with E-state index >= 15 is 0 Å². The third-order valence-corrected chi connectivity index (χ3v) is 6.74. The van der Waals surface area contributed by atoms with Gasteiger partial charge in [-0.3, -0.25) is 4.90 Å². The van der Waals surface area contributed by atoms with Crippen LogP contribution in [-0.4, -0.2) is 37.8 Å². The predicted molar refractivity (Wildman–Crippen MR) is 128 cm³/mol. The molecule has 3 aromatic rings. The van der Waals surface area contributed by atoms with Crippen LogP contribution in [0.2, 0.25) is 0 Å². The molecule has 8 heteroatoms. The molecule has 1 aromatic heterocycles. The van der Waals surface area contributed by atoms with Crippen molar-refractivity contribution < 1.29 is 18.6 Å². The largest absolute Gasteiger partial charge is 0.489 e. The Balaban J connectivity index is 1.40. The first-order chi connectivity index (χ1) is 15.5. The SMILES string of the molecule is Cc1cc(=O)oc2cc(OC/C=C3/Oc4c(Br)cc(Br)cc4C3N3CCOCC3)ccc12. The van der Waals surface area contributed by atoms with Gasteiger partial charge < -0.3 is 18.6 Å². The van der Waals surface area contributed by atoms with E-state index in [4.69, 9.17) is 18.6 Å². The third kappa shape index (κ3) is 4.24. The summed E-state index contributed by atoms with van der Waals surface area (Å²) in [6.07, 6.45) is 1.97. The Kier molecular flexibility index (Phi) is 6.11. The molecular weight excluding hydrogens is 542 g/mol. The highest BCUT2D eigenvalue weighted by atomic mass is 79.9. The average Bonchev–Trinajstić information content (AvgIpc) is 3.12. The number of hydrogen-bond acceptors (Lipinski definition) is 6. The average molecular weight is 563 g/mol. The molecule has 2 aliphatic rings. The van der Waals surface area contributed by atoms with Crippen LogP contribution in [0, 0.1) is 6.92 Å². The Labute approximate surface area is 202 Å². The van der Waals surface area contributed by atoms with Crippen LogP contribution in [0.25, 0.3) is 11.0 Å². The van der Waals surface area contributed by atoms with Gasteiger partial charge in [-0.1, -0.05) is 15.9 Å². The van der Waals surface area contributed by atoms with E-state index in [2.05, 4.69) is 42.8 Å². The van der Waals surface area contributed by atoms with Crippen molar-refractivity contribution in [1.29, 1.82) is 0 Å². The molecule has 1 atom stereocenters. The maximum Gasteiger partial charge on any atom is 0.336 e. The molecule has 0 bridgehead atoms.